The van der Waals surface area contributed by atoms with E-state index in [0.717, 1.165) is 10.8 Å². The van der Waals surface area contributed by atoms with Crippen LogP contribution in [0.25, 0.3) is 10.8 Å². The third kappa shape index (κ3) is 2.37. The van der Waals surface area contributed by atoms with Crippen LogP contribution in [0.15, 0.2) is 35.2 Å². The summed E-state index contributed by atoms with van der Waals surface area (Å²) in [6.45, 7) is 0. The zero-order valence-electron chi connectivity index (χ0n) is 9.81. The zero-order valence-corrected chi connectivity index (χ0v) is 11.4. The minimum Gasteiger partial charge on any atom is -0.497 e. The van der Waals surface area contributed by atoms with Crippen molar-refractivity contribution in [3.05, 3.63) is 30.3 Å². The van der Waals surface area contributed by atoms with Crippen molar-refractivity contribution in [1.29, 1.82) is 0 Å². The Morgan fingerprint density at radius 3 is 2.33 bits per heavy atom. The number of hydrogen-bond acceptors (Lipinski definition) is 4. The van der Waals surface area contributed by atoms with E-state index in [1.54, 1.807) is 25.3 Å². The average molecular weight is 287 g/mol. The molecule has 0 spiro atoms. The minimum absolute atomic E-state index is 0.0127. The molecule has 6 heteroatoms. The highest BCUT2D eigenvalue weighted by Crippen LogP contribution is 2.33. The van der Waals surface area contributed by atoms with E-state index in [1.807, 2.05) is 0 Å². The third-order valence-electron chi connectivity index (χ3n) is 2.60. The summed E-state index contributed by atoms with van der Waals surface area (Å²) in [6.07, 6.45) is 0. The summed E-state index contributed by atoms with van der Waals surface area (Å²) in [5.41, 5.74) is 0. The molecule has 18 heavy (non-hydrogen) atoms. The van der Waals surface area contributed by atoms with Gasteiger partial charge in [-0.1, -0.05) is 6.07 Å². The first-order chi connectivity index (χ1) is 8.45. The van der Waals surface area contributed by atoms with Gasteiger partial charge < -0.3 is 9.47 Å². The lowest BCUT2D eigenvalue weighted by molar-refractivity contribution is 0.412. The van der Waals surface area contributed by atoms with Crippen LogP contribution in [-0.2, 0) is 9.05 Å². The first kappa shape index (κ1) is 13.0. The minimum atomic E-state index is -3.78. The topological polar surface area (TPSA) is 52.6 Å². The Morgan fingerprint density at radius 1 is 1.06 bits per heavy atom. The SMILES string of the molecule is COc1ccc2cc(S(=O)(=O)Cl)cc(OC)c2c1. The maximum Gasteiger partial charge on any atom is 0.261 e. The summed E-state index contributed by atoms with van der Waals surface area (Å²) >= 11 is 0. The van der Waals surface area contributed by atoms with Crippen LogP contribution in [0.5, 0.6) is 11.5 Å². The highest BCUT2D eigenvalue weighted by molar-refractivity contribution is 8.13. The monoisotopic (exact) mass is 286 g/mol. The smallest absolute Gasteiger partial charge is 0.261 e. The van der Waals surface area contributed by atoms with Gasteiger partial charge in [-0.05, 0) is 23.6 Å². The molecule has 0 aromatic heterocycles. The van der Waals surface area contributed by atoms with E-state index >= 15 is 0 Å². The van der Waals surface area contributed by atoms with Gasteiger partial charge in [0.2, 0.25) is 0 Å². The highest BCUT2D eigenvalue weighted by atomic mass is 35.7. The lowest BCUT2D eigenvalue weighted by atomic mass is 10.1. The number of methoxy groups -OCH3 is 2. The maximum absolute atomic E-state index is 11.4. The maximum atomic E-state index is 11.4. The van der Waals surface area contributed by atoms with Crippen LogP contribution in [0.3, 0.4) is 0 Å². The van der Waals surface area contributed by atoms with Gasteiger partial charge in [0, 0.05) is 22.1 Å². The fourth-order valence-electron chi connectivity index (χ4n) is 1.71. The van der Waals surface area contributed by atoms with Gasteiger partial charge in [-0.2, -0.15) is 0 Å². The van der Waals surface area contributed by atoms with Crippen molar-refractivity contribution in [2.75, 3.05) is 14.2 Å². The van der Waals surface area contributed by atoms with Crippen LogP contribution >= 0.6 is 10.7 Å². The average Bonchev–Trinajstić information content (AvgIpc) is 2.35. The summed E-state index contributed by atoms with van der Waals surface area (Å²) in [7, 11) is 4.59. The van der Waals surface area contributed by atoms with Crippen LogP contribution in [0.4, 0.5) is 0 Å². The number of hydrogen-bond donors (Lipinski definition) is 0. The number of fused-ring (bicyclic) bond motifs is 1. The second-order valence-electron chi connectivity index (χ2n) is 3.65. The quantitative estimate of drug-likeness (QED) is 0.814. The van der Waals surface area contributed by atoms with Crippen LogP contribution < -0.4 is 9.47 Å². The standard InChI is InChI=1S/C12H11ClO4S/c1-16-9-4-3-8-5-10(18(13,14)15)7-12(17-2)11(8)6-9/h3-7H,1-2H3. The molecule has 0 aliphatic heterocycles. The van der Waals surface area contributed by atoms with Crippen molar-refractivity contribution in [3.8, 4) is 11.5 Å². The molecule has 2 aromatic rings. The molecule has 0 heterocycles. The molecule has 0 fully saturated rings. The highest BCUT2D eigenvalue weighted by Gasteiger charge is 2.14. The van der Waals surface area contributed by atoms with Crippen molar-refractivity contribution in [2.24, 2.45) is 0 Å². The van der Waals surface area contributed by atoms with Crippen LogP contribution in [0, 0.1) is 0 Å². The predicted octanol–water partition coefficient (Wildman–Crippen LogP) is 2.78. The van der Waals surface area contributed by atoms with E-state index in [-0.39, 0.29) is 4.90 Å². The van der Waals surface area contributed by atoms with Crippen molar-refractivity contribution in [2.45, 2.75) is 4.90 Å². The normalized spacial score (nSPS) is 11.5. The van der Waals surface area contributed by atoms with Crippen LogP contribution in [0.2, 0.25) is 0 Å². The van der Waals surface area contributed by atoms with E-state index in [0.29, 0.717) is 11.5 Å². The second kappa shape index (κ2) is 4.66. The molecule has 2 aromatic carbocycles. The molecule has 0 saturated heterocycles. The van der Waals surface area contributed by atoms with Crippen LogP contribution in [0.1, 0.15) is 0 Å². The fourth-order valence-corrected chi connectivity index (χ4v) is 2.50. The van der Waals surface area contributed by atoms with Gasteiger partial charge in [-0.15, -0.1) is 0 Å². The van der Waals surface area contributed by atoms with Crippen molar-refractivity contribution >= 4 is 30.5 Å². The van der Waals surface area contributed by atoms with Gasteiger partial charge in [0.05, 0.1) is 19.1 Å². The van der Waals surface area contributed by atoms with Gasteiger partial charge in [0.25, 0.3) is 9.05 Å². The summed E-state index contributed by atoms with van der Waals surface area (Å²) in [5, 5.41) is 1.48. The Kier molecular flexibility index (Phi) is 3.36. The lowest BCUT2D eigenvalue weighted by Gasteiger charge is -2.09. The van der Waals surface area contributed by atoms with E-state index in [4.69, 9.17) is 20.2 Å². The molecule has 0 amide bonds. The number of halogens is 1. The Balaban J connectivity index is 2.79. The Bertz CT molecular complexity index is 695. The fraction of sp³-hybridized carbons (Fsp3) is 0.167. The van der Waals surface area contributed by atoms with Crippen molar-refractivity contribution in [3.63, 3.8) is 0 Å². The molecule has 4 nitrogen and oxygen atoms in total. The third-order valence-corrected chi connectivity index (χ3v) is 3.93. The molecule has 0 bridgehead atoms. The molecular formula is C12H11ClO4S. The molecule has 0 unspecified atom stereocenters. The van der Waals surface area contributed by atoms with Gasteiger partial charge in [0.15, 0.2) is 0 Å². The summed E-state index contributed by atoms with van der Waals surface area (Å²) in [5.74, 6) is 1.10. The lowest BCUT2D eigenvalue weighted by Crippen LogP contribution is -1.94. The molecule has 0 atom stereocenters. The first-order valence-corrected chi connectivity index (χ1v) is 7.37. The van der Waals surface area contributed by atoms with Gasteiger partial charge in [-0.25, -0.2) is 8.42 Å². The molecule has 96 valence electrons. The number of rotatable bonds is 3. The summed E-state index contributed by atoms with van der Waals surface area (Å²) < 4.78 is 33.0. The Labute approximate surface area is 110 Å². The molecule has 0 radical (unpaired) electrons. The largest absolute Gasteiger partial charge is 0.497 e. The van der Waals surface area contributed by atoms with Crippen LogP contribution in [-0.4, -0.2) is 22.6 Å². The summed E-state index contributed by atoms with van der Waals surface area (Å²) in [6, 6.07) is 8.16. The molecular weight excluding hydrogens is 276 g/mol. The van der Waals surface area contributed by atoms with E-state index in [9.17, 15) is 8.42 Å². The summed E-state index contributed by atoms with van der Waals surface area (Å²) in [4.78, 5) is 0.0127. The molecule has 0 aliphatic carbocycles. The molecule has 0 aliphatic rings. The molecule has 2 rings (SSSR count). The van der Waals surface area contributed by atoms with Gasteiger partial charge >= 0.3 is 0 Å². The Morgan fingerprint density at radius 2 is 1.78 bits per heavy atom. The van der Waals surface area contributed by atoms with E-state index in [2.05, 4.69) is 0 Å². The molecule has 0 saturated carbocycles. The molecule has 0 N–H and O–H groups in total. The van der Waals surface area contributed by atoms with E-state index in [1.165, 1.54) is 19.2 Å². The van der Waals surface area contributed by atoms with Gasteiger partial charge in [0.1, 0.15) is 11.5 Å². The van der Waals surface area contributed by atoms with Crippen molar-refractivity contribution < 1.29 is 17.9 Å². The van der Waals surface area contributed by atoms with E-state index < -0.39 is 9.05 Å². The number of ether oxygens (including phenoxy) is 2. The predicted molar refractivity (Wildman–Crippen MR) is 70.1 cm³/mol. The zero-order chi connectivity index (χ0) is 13.3. The second-order valence-corrected chi connectivity index (χ2v) is 6.22. The Hall–Kier alpha value is -1.46. The van der Waals surface area contributed by atoms with Crippen molar-refractivity contribution in [1.82, 2.24) is 0 Å². The first-order valence-electron chi connectivity index (χ1n) is 5.06. The van der Waals surface area contributed by atoms with Gasteiger partial charge in [-0.3, -0.25) is 0 Å². The number of benzene rings is 2.